The van der Waals surface area contributed by atoms with Crippen LogP contribution in [0.2, 0.25) is 0 Å². The van der Waals surface area contributed by atoms with Crippen LogP contribution in [-0.2, 0) is 10.0 Å². The van der Waals surface area contributed by atoms with Gasteiger partial charge in [-0.2, -0.15) is 0 Å². The van der Waals surface area contributed by atoms with E-state index in [1.165, 1.54) is 7.11 Å². The second-order valence-electron chi connectivity index (χ2n) is 3.63. The number of aliphatic hydroxyl groups excluding tert-OH is 1. The molecule has 0 aromatic heterocycles. The molecule has 19 heavy (non-hydrogen) atoms. The van der Waals surface area contributed by atoms with Crippen LogP contribution in [0.1, 0.15) is 0 Å². The minimum absolute atomic E-state index is 0.167. The van der Waals surface area contributed by atoms with Gasteiger partial charge in [0.2, 0.25) is 10.0 Å². The van der Waals surface area contributed by atoms with Crippen molar-refractivity contribution in [3.8, 4) is 5.75 Å². The third kappa shape index (κ3) is 4.08. The normalized spacial score (nSPS) is 12.5. The number of rotatable bonds is 6. The lowest BCUT2D eigenvalue weighted by Gasteiger charge is -2.14. The van der Waals surface area contributed by atoms with Crippen molar-refractivity contribution in [1.29, 1.82) is 0 Å². The predicted molar refractivity (Wildman–Crippen MR) is 60.2 cm³/mol. The van der Waals surface area contributed by atoms with Gasteiger partial charge < -0.3 is 9.84 Å². The Morgan fingerprint density at radius 2 is 2.05 bits per heavy atom. The number of hydrogen-bond acceptors (Lipinski definition) is 4. The molecular formula is C10H12F3NO4S. The average molecular weight is 299 g/mol. The van der Waals surface area contributed by atoms with Crippen LogP contribution in [0.4, 0.5) is 13.2 Å². The van der Waals surface area contributed by atoms with Crippen molar-refractivity contribution in [2.45, 2.75) is 10.8 Å². The summed E-state index contributed by atoms with van der Waals surface area (Å²) in [6, 6.07) is 2.73. The molecule has 0 radical (unpaired) electrons. The average Bonchev–Trinajstić information content (AvgIpc) is 2.36. The Hall–Kier alpha value is -1.32. The highest BCUT2D eigenvalue weighted by molar-refractivity contribution is 7.89. The third-order valence-electron chi connectivity index (χ3n) is 2.19. The number of nitrogens with one attached hydrogen (secondary N) is 1. The highest BCUT2D eigenvalue weighted by atomic mass is 32.2. The summed E-state index contributed by atoms with van der Waals surface area (Å²) in [5, 5.41) is 8.31. The maximum absolute atomic E-state index is 13.3. The fourth-order valence-electron chi connectivity index (χ4n) is 1.15. The van der Waals surface area contributed by atoms with Gasteiger partial charge in [-0.05, 0) is 18.2 Å². The molecule has 0 saturated carbocycles. The van der Waals surface area contributed by atoms with Gasteiger partial charge in [-0.1, -0.05) is 0 Å². The molecule has 0 spiro atoms. The number of ether oxygens (including phenoxy) is 1. The first-order valence-corrected chi connectivity index (χ1v) is 6.52. The zero-order chi connectivity index (χ0) is 14.7. The number of alkyl halides is 2. The Bertz CT molecular complexity index is 548. The zero-order valence-electron chi connectivity index (χ0n) is 9.86. The van der Waals surface area contributed by atoms with E-state index < -0.39 is 39.8 Å². The third-order valence-corrected chi connectivity index (χ3v) is 3.58. The Morgan fingerprint density at radius 1 is 1.42 bits per heavy atom. The van der Waals surface area contributed by atoms with Crippen molar-refractivity contribution in [3.05, 3.63) is 24.0 Å². The maximum atomic E-state index is 13.3. The summed E-state index contributed by atoms with van der Waals surface area (Å²) >= 11 is 0. The highest BCUT2D eigenvalue weighted by Gasteiger charge is 2.30. The Balaban J connectivity index is 2.92. The predicted octanol–water partition coefficient (Wildman–Crippen LogP) is 0.740. The Labute approximate surface area is 108 Å². The van der Waals surface area contributed by atoms with Crippen molar-refractivity contribution in [2.24, 2.45) is 0 Å². The van der Waals surface area contributed by atoms with Crippen molar-refractivity contribution in [3.63, 3.8) is 0 Å². The first-order chi connectivity index (χ1) is 8.72. The molecule has 1 rings (SSSR count). The molecule has 0 saturated heterocycles. The molecule has 9 heteroatoms. The van der Waals surface area contributed by atoms with Crippen LogP contribution in [0.3, 0.4) is 0 Å². The molecule has 2 N–H and O–H groups in total. The number of benzene rings is 1. The fraction of sp³-hybridized carbons (Fsp3) is 0.400. The van der Waals surface area contributed by atoms with E-state index in [1.807, 2.05) is 0 Å². The Kier molecular flexibility index (Phi) is 4.77. The molecule has 0 aliphatic carbocycles. The molecule has 0 heterocycles. The highest BCUT2D eigenvalue weighted by Crippen LogP contribution is 2.21. The van der Waals surface area contributed by atoms with Gasteiger partial charge in [-0.15, -0.1) is 0 Å². The van der Waals surface area contributed by atoms with Gasteiger partial charge in [0.15, 0.2) is 11.6 Å². The molecule has 0 aliphatic rings. The number of sulfonamides is 1. The summed E-state index contributed by atoms with van der Waals surface area (Å²) in [5.41, 5.74) is 0. The summed E-state index contributed by atoms with van der Waals surface area (Å²) in [4.78, 5) is -0.514. The van der Waals surface area contributed by atoms with Gasteiger partial charge in [0.1, 0.15) is 6.61 Å². The first kappa shape index (κ1) is 15.7. The topological polar surface area (TPSA) is 75.6 Å². The second kappa shape index (κ2) is 5.76. The van der Waals surface area contributed by atoms with Gasteiger partial charge in [0.05, 0.1) is 18.6 Å². The van der Waals surface area contributed by atoms with Gasteiger partial charge in [-0.25, -0.2) is 26.3 Å². The molecule has 0 amide bonds. The van der Waals surface area contributed by atoms with Crippen LogP contribution in [-0.4, -0.2) is 39.7 Å². The molecule has 5 nitrogen and oxygen atoms in total. The lowest BCUT2D eigenvalue weighted by atomic mass is 10.3. The number of methoxy groups -OCH3 is 1. The number of aliphatic hydroxyl groups is 1. The molecule has 1 aromatic carbocycles. The quantitative estimate of drug-likeness (QED) is 0.812. The molecule has 0 atom stereocenters. The summed E-state index contributed by atoms with van der Waals surface area (Å²) in [6.07, 6.45) is 0. The second-order valence-corrected chi connectivity index (χ2v) is 5.40. The Morgan fingerprint density at radius 3 is 2.53 bits per heavy atom. The molecular weight excluding hydrogens is 287 g/mol. The van der Waals surface area contributed by atoms with Gasteiger partial charge in [0, 0.05) is 0 Å². The summed E-state index contributed by atoms with van der Waals surface area (Å²) in [7, 11) is -3.09. The maximum Gasteiger partial charge on any atom is 0.283 e. The zero-order valence-corrected chi connectivity index (χ0v) is 10.7. The van der Waals surface area contributed by atoms with Crippen LogP contribution in [0.15, 0.2) is 23.1 Å². The molecule has 1 aromatic rings. The SMILES string of the molecule is COc1ccc(S(=O)(=O)NCC(F)(F)CO)cc1F. The van der Waals surface area contributed by atoms with Crippen LogP contribution >= 0.6 is 0 Å². The minimum Gasteiger partial charge on any atom is -0.494 e. The molecule has 0 unspecified atom stereocenters. The summed E-state index contributed by atoms with van der Waals surface area (Å²) in [5.74, 6) is -4.68. The van der Waals surface area contributed by atoms with Crippen LogP contribution in [0.25, 0.3) is 0 Å². The monoisotopic (exact) mass is 299 g/mol. The van der Waals surface area contributed by atoms with E-state index >= 15 is 0 Å². The standard InChI is InChI=1S/C10H12F3NO4S/c1-18-9-3-2-7(4-8(9)11)19(16,17)14-5-10(12,13)6-15/h2-4,14-15H,5-6H2,1H3. The van der Waals surface area contributed by atoms with E-state index in [4.69, 9.17) is 5.11 Å². The largest absolute Gasteiger partial charge is 0.494 e. The number of hydrogen-bond donors (Lipinski definition) is 2. The van der Waals surface area contributed by atoms with E-state index in [9.17, 15) is 21.6 Å². The van der Waals surface area contributed by atoms with Crippen LogP contribution in [0.5, 0.6) is 5.75 Å². The van der Waals surface area contributed by atoms with E-state index in [0.717, 1.165) is 12.1 Å². The first-order valence-electron chi connectivity index (χ1n) is 5.04. The summed E-state index contributed by atoms with van der Waals surface area (Å²) in [6.45, 7) is -2.77. The molecule has 0 aliphatic heterocycles. The minimum atomic E-state index is -4.29. The summed E-state index contributed by atoms with van der Waals surface area (Å²) < 4.78 is 68.2. The van der Waals surface area contributed by atoms with Crippen molar-refractivity contribution in [2.75, 3.05) is 20.3 Å². The van der Waals surface area contributed by atoms with Gasteiger partial charge >= 0.3 is 0 Å². The van der Waals surface area contributed by atoms with E-state index in [1.54, 1.807) is 4.72 Å². The smallest absolute Gasteiger partial charge is 0.283 e. The van der Waals surface area contributed by atoms with Crippen LogP contribution in [0, 0.1) is 5.82 Å². The van der Waals surface area contributed by atoms with E-state index in [2.05, 4.69) is 4.74 Å². The lowest BCUT2D eigenvalue weighted by molar-refractivity contribution is -0.0437. The van der Waals surface area contributed by atoms with Gasteiger partial charge in [0.25, 0.3) is 5.92 Å². The van der Waals surface area contributed by atoms with Crippen molar-refractivity contribution < 1.29 is 31.4 Å². The van der Waals surface area contributed by atoms with E-state index in [-0.39, 0.29) is 5.75 Å². The van der Waals surface area contributed by atoms with Crippen LogP contribution < -0.4 is 9.46 Å². The van der Waals surface area contributed by atoms with Crippen molar-refractivity contribution >= 4 is 10.0 Å². The number of halogens is 3. The molecule has 0 bridgehead atoms. The lowest BCUT2D eigenvalue weighted by Crippen LogP contribution is -2.38. The fourth-order valence-corrected chi connectivity index (χ4v) is 2.23. The van der Waals surface area contributed by atoms with Gasteiger partial charge in [-0.3, -0.25) is 0 Å². The van der Waals surface area contributed by atoms with Crippen molar-refractivity contribution in [1.82, 2.24) is 4.72 Å². The molecule has 0 fully saturated rings. The molecule has 108 valence electrons. The van der Waals surface area contributed by atoms with E-state index in [0.29, 0.717) is 6.07 Å².